The zero-order valence-corrected chi connectivity index (χ0v) is 12.8. The Kier molecular flexibility index (Phi) is 6.61. The molecule has 0 atom stereocenters. The predicted octanol–water partition coefficient (Wildman–Crippen LogP) is 1.44. The lowest BCUT2D eigenvalue weighted by atomic mass is 10.2. The van der Waals surface area contributed by atoms with Crippen LogP contribution in [0.4, 0.5) is 0 Å². The summed E-state index contributed by atoms with van der Waals surface area (Å²) in [5.74, 6) is -1.48. The summed E-state index contributed by atoms with van der Waals surface area (Å²) in [7, 11) is 0. The predicted molar refractivity (Wildman–Crippen MR) is 81.3 cm³/mol. The molecule has 0 bridgehead atoms. The minimum Gasteiger partial charge on any atom is -0.478 e. The van der Waals surface area contributed by atoms with E-state index in [-0.39, 0.29) is 18.4 Å². The zero-order valence-electron chi connectivity index (χ0n) is 12.0. The van der Waals surface area contributed by atoms with Crippen molar-refractivity contribution in [2.45, 2.75) is 13.8 Å². The van der Waals surface area contributed by atoms with Gasteiger partial charge in [-0.15, -0.1) is 11.3 Å². The van der Waals surface area contributed by atoms with Crippen molar-refractivity contribution in [2.75, 3.05) is 19.6 Å². The number of carbonyl (C=O) groups is 3. The molecule has 114 valence electrons. The third-order valence-corrected chi connectivity index (χ3v) is 3.53. The SMILES string of the molecule is CCNC(=O)CN(CC)C(=O)c1csc(C=CC(=O)O)c1. The van der Waals surface area contributed by atoms with Gasteiger partial charge in [0.25, 0.3) is 5.91 Å². The van der Waals surface area contributed by atoms with Gasteiger partial charge in [0, 0.05) is 29.4 Å². The number of carbonyl (C=O) groups excluding carboxylic acids is 2. The molecule has 7 heteroatoms. The fraction of sp³-hybridized carbons (Fsp3) is 0.357. The monoisotopic (exact) mass is 310 g/mol. The highest BCUT2D eigenvalue weighted by Gasteiger charge is 2.18. The molecule has 0 aromatic carbocycles. The Hall–Kier alpha value is -2.15. The number of hydrogen-bond acceptors (Lipinski definition) is 4. The minimum absolute atomic E-state index is 0.0132. The summed E-state index contributed by atoms with van der Waals surface area (Å²) < 4.78 is 0. The van der Waals surface area contributed by atoms with Crippen LogP contribution in [0.15, 0.2) is 17.5 Å². The lowest BCUT2D eigenvalue weighted by molar-refractivity contribution is -0.131. The summed E-state index contributed by atoms with van der Waals surface area (Å²) >= 11 is 1.28. The van der Waals surface area contributed by atoms with E-state index in [4.69, 9.17) is 5.11 Å². The number of thiophene rings is 1. The van der Waals surface area contributed by atoms with Gasteiger partial charge in [-0.1, -0.05) is 0 Å². The van der Waals surface area contributed by atoms with E-state index < -0.39 is 5.97 Å². The molecule has 0 saturated heterocycles. The van der Waals surface area contributed by atoms with Gasteiger partial charge in [-0.2, -0.15) is 0 Å². The fourth-order valence-corrected chi connectivity index (χ4v) is 2.42. The molecule has 1 rings (SSSR count). The first-order valence-corrected chi connectivity index (χ1v) is 7.41. The maximum Gasteiger partial charge on any atom is 0.328 e. The minimum atomic E-state index is -1.04. The van der Waals surface area contributed by atoms with Gasteiger partial charge < -0.3 is 15.3 Å². The number of carboxylic acid groups (broad SMARTS) is 1. The largest absolute Gasteiger partial charge is 0.478 e. The van der Waals surface area contributed by atoms with E-state index in [9.17, 15) is 14.4 Å². The van der Waals surface area contributed by atoms with Gasteiger partial charge in [0.1, 0.15) is 0 Å². The first-order chi connectivity index (χ1) is 9.97. The Morgan fingerprint density at radius 2 is 2.10 bits per heavy atom. The maximum absolute atomic E-state index is 12.3. The van der Waals surface area contributed by atoms with Crippen LogP contribution in [0.1, 0.15) is 29.1 Å². The van der Waals surface area contributed by atoms with Gasteiger partial charge in [0.2, 0.25) is 5.91 Å². The summed E-state index contributed by atoms with van der Waals surface area (Å²) in [6.07, 6.45) is 2.45. The van der Waals surface area contributed by atoms with Gasteiger partial charge in [-0.25, -0.2) is 4.79 Å². The van der Waals surface area contributed by atoms with Crippen molar-refractivity contribution in [2.24, 2.45) is 0 Å². The summed E-state index contributed by atoms with van der Waals surface area (Å²) in [5, 5.41) is 12.9. The van der Waals surface area contributed by atoms with E-state index in [0.29, 0.717) is 23.5 Å². The Morgan fingerprint density at radius 1 is 1.38 bits per heavy atom. The normalized spacial score (nSPS) is 10.6. The van der Waals surface area contributed by atoms with Gasteiger partial charge >= 0.3 is 5.97 Å². The topological polar surface area (TPSA) is 86.7 Å². The van der Waals surface area contributed by atoms with Crippen LogP contribution in [0, 0.1) is 0 Å². The van der Waals surface area contributed by atoms with Crippen molar-refractivity contribution < 1.29 is 19.5 Å². The molecule has 6 nitrogen and oxygen atoms in total. The molecule has 0 aliphatic carbocycles. The first-order valence-electron chi connectivity index (χ1n) is 6.53. The molecule has 0 aliphatic heterocycles. The van der Waals surface area contributed by atoms with Gasteiger partial charge in [0.15, 0.2) is 0 Å². The van der Waals surface area contributed by atoms with Crippen molar-refractivity contribution in [1.82, 2.24) is 10.2 Å². The number of likely N-dealkylation sites (N-methyl/N-ethyl adjacent to an activating group) is 2. The lowest BCUT2D eigenvalue weighted by Gasteiger charge is -2.19. The van der Waals surface area contributed by atoms with E-state index in [1.54, 1.807) is 18.4 Å². The van der Waals surface area contributed by atoms with Crippen molar-refractivity contribution >= 4 is 35.2 Å². The maximum atomic E-state index is 12.3. The molecule has 0 saturated carbocycles. The van der Waals surface area contributed by atoms with Crippen LogP contribution >= 0.6 is 11.3 Å². The molecule has 0 spiro atoms. The Balaban J connectivity index is 2.76. The van der Waals surface area contributed by atoms with Crippen LogP contribution in [0.25, 0.3) is 6.08 Å². The van der Waals surface area contributed by atoms with Crippen LogP contribution in [0.5, 0.6) is 0 Å². The van der Waals surface area contributed by atoms with Crippen molar-refractivity contribution in [3.63, 3.8) is 0 Å². The summed E-state index contributed by atoms with van der Waals surface area (Å²) in [4.78, 5) is 36.4. The number of carboxylic acids is 1. The van der Waals surface area contributed by atoms with Crippen LogP contribution < -0.4 is 5.32 Å². The molecule has 0 fully saturated rings. The molecule has 21 heavy (non-hydrogen) atoms. The second-order valence-electron chi connectivity index (χ2n) is 4.18. The first kappa shape index (κ1) is 16.9. The fourth-order valence-electron chi connectivity index (χ4n) is 1.64. The van der Waals surface area contributed by atoms with Gasteiger partial charge in [-0.3, -0.25) is 9.59 Å². The number of amides is 2. The average molecular weight is 310 g/mol. The molecule has 1 aromatic heterocycles. The second kappa shape index (κ2) is 8.21. The smallest absolute Gasteiger partial charge is 0.328 e. The van der Waals surface area contributed by atoms with E-state index in [2.05, 4.69) is 5.32 Å². The van der Waals surface area contributed by atoms with E-state index in [0.717, 1.165) is 6.08 Å². The molecule has 1 heterocycles. The van der Waals surface area contributed by atoms with Crippen LogP contribution in [0.3, 0.4) is 0 Å². The van der Waals surface area contributed by atoms with Gasteiger partial charge in [-0.05, 0) is 26.0 Å². The Morgan fingerprint density at radius 3 is 2.67 bits per heavy atom. The van der Waals surface area contributed by atoms with E-state index in [1.165, 1.54) is 22.3 Å². The molecule has 0 radical (unpaired) electrons. The number of hydrogen-bond donors (Lipinski definition) is 2. The van der Waals surface area contributed by atoms with Crippen LogP contribution in [-0.4, -0.2) is 47.4 Å². The Labute approximate surface area is 127 Å². The highest BCUT2D eigenvalue weighted by Crippen LogP contribution is 2.18. The molecular formula is C14H18N2O4S. The van der Waals surface area contributed by atoms with Crippen molar-refractivity contribution in [1.29, 1.82) is 0 Å². The third kappa shape index (κ3) is 5.39. The molecule has 1 aromatic rings. The Bertz CT molecular complexity index is 551. The molecule has 2 amide bonds. The summed E-state index contributed by atoms with van der Waals surface area (Å²) in [5.41, 5.74) is 0.455. The van der Waals surface area contributed by atoms with Crippen molar-refractivity contribution in [3.8, 4) is 0 Å². The third-order valence-electron chi connectivity index (χ3n) is 2.63. The van der Waals surface area contributed by atoms with E-state index >= 15 is 0 Å². The van der Waals surface area contributed by atoms with Crippen molar-refractivity contribution in [3.05, 3.63) is 28.0 Å². The van der Waals surface area contributed by atoms with E-state index in [1.807, 2.05) is 6.92 Å². The lowest BCUT2D eigenvalue weighted by Crippen LogP contribution is -2.40. The molecule has 2 N–H and O–H groups in total. The average Bonchev–Trinajstić information content (AvgIpc) is 2.91. The quantitative estimate of drug-likeness (QED) is 0.746. The molecular weight excluding hydrogens is 292 g/mol. The van der Waals surface area contributed by atoms with Gasteiger partial charge in [0.05, 0.1) is 12.1 Å². The van der Waals surface area contributed by atoms with Crippen LogP contribution in [0.2, 0.25) is 0 Å². The standard InChI is InChI=1S/C14H18N2O4S/c1-3-15-12(17)8-16(4-2)14(20)10-7-11(21-9-10)5-6-13(18)19/h5-7,9H,3-4,8H2,1-2H3,(H,15,17)(H,18,19). The second-order valence-corrected chi connectivity index (χ2v) is 5.12. The number of rotatable bonds is 7. The summed E-state index contributed by atoms with van der Waals surface area (Å²) in [6, 6.07) is 1.62. The molecule has 0 aliphatic rings. The highest BCUT2D eigenvalue weighted by molar-refractivity contribution is 7.11. The number of nitrogens with one attached hydrogen (secondary N) is 1. The summed E-state index contributed by atoms with van der Waals surface area (Å²) in [6.45, 7) is 4.57. The van der Waals surface area contributed by atoms with Crippen LogP contribution in [-0.2, 0) is 9.59 Å². The number of aliphatic carboxylic acids is 1. The highest BCUT2D eigenvalue weighted by atomic mass is 32.1. The zero-order chi connectivity index (χ0) is 15.8. The molecule has 0 unspecified atom stereocenters. The number of nitrogens with zero attached hydrogens (tertiary/aromatic N) is 1.